The van der Waals surface area contributed by atoms with Gasteiger partial charge in [0.05, 0.1) is 31.5 Å². The predicted octanol–water partition coefficient (Wildman–Crippen LogP) is 3.74. The third-order valence-electron chi connectivity index (χ3n) is 4.17. The summed E-state index contributed by atoms with van der Waals surface area (Å²) in [6.45, 7) is 4.18. The van der Waals surface area contributed by atoms with Crippen molar-refractivity contribution in [1.82, 2.24) is 0 Å². The van der Waals surface area contributed by atoms with E-state index in [-0.39, 0.29) is 12.3 Å². The Hall–Kier alpha value is -3.34. The van der Waals surface area contributed by atoms with Crippen LogP contribution in [-0.4, -0.2) is 19.0 Å². The first-order chi connectivity index (χ1) is 12.6. The Balaban J connectivity index is 1.93. The molecule has 3 rings (SSSR count). The maximum atomic E-state index is 12.8. The van der Waals surface area contributed by atoms with Gasteiger partial charge in [-0.1, -0.05) is 49.1 Å². The minimum Gasteiger partial charge on any atom is -0.469 e. The van der Waals surface area contributed by atoms with E-state index in [0.29, 0.717) is 12.2 Å². The largest absolute Gasteiger partial charge is 0.469 e. The third kappa shape index (κ3) is 3.83. The van der Waals surface area contributed by atoms with Gasteiger partial charge in [-0.2, -0.15) is 0 Å². The van der Waals surface area contributed by atoms with Crippen LogP contribution in [0, 0.1) is 0 Å². The first-order valence-corrected chi connectivity index (χ1v) is 8.27. The molecular formula is C21H20N2O3. The van der Waals surface area contributed by atoms with Gasteiger partial charge < -0.3 is 15.0 Å². The molecule has 132 valence electrons. The van der Waals surface area contributed by atoms with E-state index in [1.165, 1.54) is 13.2 Å². The smallest absolute Gasteiger partial charge is 0.311 e. The highest BCUT2D eigenvalue weighted by Gasteiger charge is 2.23. The van der Waals surface area contributed by atoms with E-state index in [0.717, 1.165) is 22.5 Å². The zero-order chi connectivity index (χ0) is 18.5. The maximum Gasteiger partial charge on any atom is 0.311 e. The van der Waals surface area contributed by atoms with Gasteiger partial charge in [0, 0.05) is 11.8 Å². The standard InChI is InChI=1S/C21H20N2O3/c1-3-15-8-10-16(11-9-15)14-23-19-7-5-4-6-18(19)22-17(12-20(23)24)13-21(25)26-2/h3-12,22H,1,13-14H2,2H3. The van der Waals surface area contributed by atoms with Gasteiger partial charge in [0.2, 0.25) is 0 Å². The summed E-state index contributed by atoms with van der Waals surface area (Å²) in [5, 5.41) is 3.17. The van der Waals surface area contributed by atoms with Crippen molar-refractivity contribution in [3.05, 3.63) is 78.0 Å². The molecule has 0 aliphatic carbocycles. The molecule has 0 aromatic heterocycles. The molecular weight excluding hydrogens is 328 g/mol. The summed E-state index contributed by atoms with van der Waals surface area (Å²) in [4.78, 5) is 26.1. The number of ether oxygens (including phenoxy) is 1. The number of hydrogen-bond donors (Lipinski definition) is 1. The number of nitrogens with zero attached hydrogens (tertiary/aromatic N) is 1. The Morgan fingerprint density at radius 3 is 2.62 bits per heavy atom. The van der Waals surface area contributed by atoms with Gasteiger partial charge in [-0.25, -0.2) is 0 Å². The summed E-state index contributed by atoms with van der Waals surface area (Å²) in [5.74, 6) is -0.586. The van der Waals surface area contributed by atoms with Crippen LogP contribution in [0.5, 0.6) is 0 Å². The van der Waals surface area contributed by atoms with Crippen LogP contribution in [0.15, 0.2) is 66.9 Å². The fourth-order valence-electron chi connectivity index (χ4n) is 2.80. The number of rotatable bonds is 5. The van der Waals surface area contributed by atoms with E-state index < -0.39 is 5.97 Å². The van der Waals surface area contributed by atoms with Crippen LogP contribution in [0.3, 0.4) is 0 Å². The molecule has 1 aliphatic rings. The Kier molecular flexibility index (Phi) is 5.17. The number of carbonyl (C=O) groups is 2. The summed E-state index contributed by atoms with van der Waals surface area (Å²) in [6, 6.07) is 15.4. The molecule has 0 atom stereocenters. The lowest BCUT2D eigenvalue weighted by Gasteiger charge is -2.22. The number of fused-ring (bicyclic) bond motifs is 1. The third-order valence-corrected chi connectivity index (χ3v) is 4.17. The van der Waals surface area contributed by atoms with Crippen molar-refractivity contribution < 1.29 is 14.3 Å². The van der Waals surface area contributed by atoms with Crippen molar-refractivity contribution in [3.63, 3.8) is 0 Å². The minimum atomic E-state index is -0.400. The molecule has 5 heteroatoms. The first-order valence-electron chi connectivity index (χ1n) is 8.27. The zero-order valence-corrected chi connectivity index (χ0v) is 14.6. The van der Waals surface area contributed by atoms with Gasteiger partial charge in [0.25, 0.3) is 5.91 Å². The molecule has 0 saturated heterocycles. The van der Waals surface area contributed by atoms with E-state index in [9.17, 15) is 9.59 Å². The lowest BCUT2D eigenvalue weighted by atomic mass is 10.1. The molecule has 1 heterocycles. The van der Waals surface area contributed by atoms with Crippen LogP contribution < -0.4 is 10.2 Å². The molecule has 5 nitrogen and oxygen atoms in total. The van der Waals surface area contributed by atoms with Crippen LogP contribution in [0.4, 0.5) is 11.4 Å². The van der Waals surface area contributed by atoms with E-state index in [4.69, 9.17) is 4.74 Å². The summed E-state index contributed by atoms with van der Waals surface area (Å²) in [5.41, 5.74) is 4.08. The van der Waals surface area contributed by atoms with Crippen LogP contribution >= 0.6 is 0 Å². The quantitative estimate of drug-likeness (QED) is 0.837. The molecule has 0 fully saturated rings. The van der Waals surface area contributed by atoms with E-state index >= 15 is 0 Å². The highest BCUT2D eigenvalue weighted by atomic mass is 16.5. The molecule has 0 radical (unpaired) electrons. The average Bonchev–Trinajstić information content (AvgIpc) is 2.79. The predicted molar refractivity (Wildman–Crippen MR) is 103 cm³/mol. The zero-order valence-electron chi connectivity index (χ0n) is 14.6. The number of benzene rings is 2. The monoisotopic (exact) mass is 348 g/mol. The van der Waals surface area contributed by atoms with Crippen molar-refractivity contribution in [2.24, 2.45) is 0 Å². The van der Waals surface area contributed by atoms with Crippen molar-refractivity contribution in [3.8, 4) is 0 Å². The second kappa shape index (κ2) is 7.70. The van der Waals surface area contributed by atoms with Gasteiger partial charge in [0.15, 0.2) is 0 Å². The lowest BCUT2D eigenvalue weighted by Crippen LogP contribution is -2.28. The molecule has 0 unspecified atom stereocenters. The number of nitrogens with one attached hydrogen (secondary N) is 1. The summed E-state index contributed by atoms with van der Waals surface area (Å²) >= 11 is 0. The van der Waals surface area contributed by atoms with Gasteiger partial charge in [-0.05, 0) is 23.3 Å². The summed E-state index contributed by atoms with van der Waals surface area (Å²) < 4.78 is 4.71. The fraction of sp³-hybridized carbons (Fsp3) is 0.143. The van der Waals surface area contributed by atoms with Crippen molar-refractivity contribution in [1.29, 1.82) is 0 Å². The number of hydrogen-bond acceptors (Lipinski definition) is 4. The van der Waals surface area contributed by atoms with Crippen molar-refractivity contribution >= 4 is 29.3 Å². The van der Waals surface area contributed by atoms with E-state index in [2.05, 4.69) is 11.9 Å². The molecule has 0 spiro atoms. The fourth-order valence-corrected chi connectivity index (χ4v) is 2.80. The van der Waals surface area contributed by atoms with Crippen molar-refractivity contribution in [2.75, 3.05) is 17.3 Å². The summed E-state index contributed by atoms with van der Waals surface area (Å²) in [7, 11) is 1.33. The molecule has 0 bridgehead atoms. The van der Waals surface area contributed by atoms with Gasteiger partial charge in [0.1, 0.15) is 0 Å². The number of anilines is 2. The normalized spacial score (nSPS) is 13.2. The molecule has 0 saturated carbocycles. The van der Waals surface area contributed by atoms with Crippen molar-refractivity contribution in [2.45, 2.75) is 13.0 Å². The second-order valence-electron chi connectivity index (χ2n) is 5.93. The average molecular weight is 348 g/mol. The molecule has 1 aliphatic heterocycles. The number of carbonyl (C=O) groups excluding carboxylic acids is 2. The number of amides is 1. The maximum absolute atomic E-state index is 12.8. The Labute approximate surface area is 152 Å². The van der Waals surface area contributed by atoms with Crippen LogP contribution in [0.1, 0.15) is 17.5 Å². The topological polar surface area (TPSA) is 58.6 Å². The molecule has 2 aromatic rings. The molecule has 2 aromatic carbocycles. The molecule has 26 heavy (non-hydrogen) atoms. The minimum absolute atomic E-state index is 0.0123. The highest BCUT2D eigenvalue weighted by Crippen LogP contribution is 2.31. The van der Waals surface area contributed by atoms with Crippen LogP contribution in [0.2, 0.25) is 0 Å². The van der Waals surface area contributed by atoms with Gasteiger partial charge >= 0.3 is 5.97 Å². The first kappa shape index (κ1) is 17.5. The number of esters is 1. The lowest BCUT2D eigenvalue weighted by molar-refractivity contribution is -0.139. The Morgan fingerprint density at radius 2 is 1.92 bits per heavy atom. The van der Waals surface area contributed by atoms with Crippen LogP contribution in [-0.2, 0) is 20.9 Å². The Bertz CT molecular complexity index is 869. The summed E-state index contributed by atoms with van der Waals surface area (Å²) in [6.07, 6.45) is 3.25. The highest BCUT2D eigenvalue weighted by molar-refractivity contribution is 6.06. The second-order valence-corrected chi connectivity index (χ2v) is 5.93. The Morgan fingerprint density at radius 1 is 1.19 bits per heavy atom. The molecule has 1 amide bonds. The van der Waals surface area contributed by atoms with Gasteiger partial charge in [-0.15, -0.1) is 0 Å². The van der Waals surface area contributed by atoms with E-state index in [1.54, 1.807) is 11.0 Å². The van der Waals surface area contributed by atoms with Crippen LogP contribution in [0.25, 0.3) is 6.08 Å². The number of methoxy groups -OCH3 is 1. The molecule has 1 N–H and O–H groups in total. The van der Waals surface area contributed by atoms with Gasteiger partial charge in [-0.3, -0.25) is 9.59 Å². The number of para-hydroxylation sites is 2. The van der Waals surface area contributed by atoms with E-state index in [1.807, 2.05) is 48.5 Å². The SMILES string of the molecule is C=Cc1ccc(CN2C(=O)C=C(CC(=O)OC)Nc3ccccc32)cc1.